The molecule has 0 aromatic rings. The summed E-state index contributed by atoms with van der Waals surface area (Å²) in [6.07, 6.45) is 0.689. The maximum absolute atomic E-state index is 10.3. The Bertz CT molecular complexity index is 111. The minimum atomic E-state index is -0.930. The van der Waals surface area contributed by atoms with E-state index in [4.69, 9.17) is 10.2 Å². The summed E-state index contributed by atoms with van der Waals surface area (Å²) in [4.78, 5) is 10.3. The molecule has 0 aromatic carbocycles. The van der Waals surface area contributed by atoms with E-state index in [0.29, 0.717) is 6.42 Å². The van der Waals surface area contributed by atoms with Gasteiger partial charge in [-0.3, -0.25) is 4.79 Å². The summed E-state index contributed by atoms with van der Waals surface area (Å²) in [6.45, 7) is 3.43. The van der Waals surface area contributed by atoms with Gasteiger partial charge in [0.15, 0.2) is 0 Å². The van der Waals surface area contributed by atoms with Gasteiger partial charge in [-0.15, -0.1) is 0 Å². The summed E-state index contributed by atoms with van der Waals surface area (Å²) in [5.74, 6) is -1.57. The van der Waals surface area contributed by atoms with Crippen molar-refractivity contribution in [2.24, 2.45) is 5.92 Å². The molecule has 0 amide bonds. The standard InChI is InChI=1S/C7H14O3/c1-3-4-6(8)5(2)7(9)10/h5-6,8H,3-4H2,1-2H3,(H,9,10)/t5-,6?/m1/s1. The molecule has 0 aliphatic heterocycles. The number of aliphatic hydroxyl groups excluding tert-OH is 1. The van der Waals surface area contributed by atoms with E-state index >= 15 is 0 Å². The highest BCUT2D eigenvalue weighted by molar-refractivity contribution is 5.70. The van der Waals surface area contributed by atoms with E-state index < -0.39 is 18.0 Å². The molecule has 0 rings (SSSR count). The van der Waals surface area contributed by atoms with Gasteiger partial charge in [-0.05, 0) is 13.3 Å². The van der Waals surface area contributed by atoms with Gasteiger partial charge in [-0.1, -0.05) is 13.3 Å². The molecule has 0 aromatic heterocycles. The molecule has 0 aliphatic carbocycles. The van der Waals surface area contributed by atoms with Crippen LogP contribution < -0.4 is 0 Å². The van der Waals surface area contributed by atoms with Crippen LogP contribution in [0.5, 0.6) is 0 Å². The van der Waals surface area contributed by atoms with Crippen molar-refractivity contribution in [3.05, 3.63) is 0 Å². The highest BCUT2D eigenvalue weighted by atomic mass is 16.4. The lowest BCUT2D eigenvalue weighted by molar-refractivity contribution is -0.144. The fourth-order valence-corrected chi connectivity index (χ4v) is 0.710. The number of carbonyl (C=O) groups is 1. The van der Waals surface area contributed by atoms with Crippen LogP contribution >= 0.6 is 0 Å². The van der Waals surface area contributed by atoms with Crippen LogP contribution in [-0.2, 0) is 4.79 Å². The van der Waals surface area contributed by atoms with Gasteiger partial charge in [0.1, 0.15) is 0 Å². The van der Waals surface area contributed by atoms with Crippen LogP contribution in [0.4, 0.5) is 0 Å². The Morgan fingerprint density at radius 2 is 2.10 bits per heavy atom. The van der Waals surface area contributed by atoms with Crippen LogP contribution in [0, 0.1) is 5.92 Å². The molecule has 0 radical (unpaired) electrons. The number of hydrogen-bond donors (Lipinski definition) is 2. The van der Waals surface area contributed by atoms with Crippen LogP contribution in [0.1, 0.15) is 26.7 Å². The Kier molecular flexibility index (Phi) is 4.03. The molecule has 0 spiro atoms. The molecule has 0 bridgehead atoms. The topological polar surface area (TPSA) is 57.5 Å². The summed E-state index contributed by atoms with van der Waals surface area (Å²) in [6, 6.07) is 0. The monoisotopic (exact) mass is 146 g/mol. The van der Waals surface area contributed by atoms with Crippen LogP contribution in [0.2, 0.25) is 0 Å². The second-order valence-electron chi connectivity index (χ2n) is 2.48. The van der Waals surface area contributed by atoms with Crippen molar-refractivity contribution >= 4 is 5.97 Å². The third kappa shape index (κ3) is 2.82. The van der Waals surface area contributed by atoms with Crippen molar-refractivity contribution in [2.75, 3.05) is 0 Å². The zero-order valence-corrected chi connectivity index (χ0v) is 6.37. The van der Waals surface area contributed by atoms with Crippen LogP contribution in [-0.4, -0.2) is 22.3 Å². The molecule has 1 unspecified atom stereocenters. The first-order valence-electron chi connectivity index (χ1n) is 3.50. The van der Waals surface area contributed by atoms with E-state index in [1.807, 2.05) is 6.92 Å². The van der Waals surface area contributed by atoms with E-state index in [0.717, 1.165) is 6.42 Å². The number of hydrogen-bond acceptors (Lipinski definition) is 2. The largest absolute Gasteiger partial charge is 0.481 e. The number of aliphatic carboxylic acids is 1. The van der Waals surface area contributed by atoms with Gasteiger partial charge < -0.3 is 10.2 Å². The van der Waals surface area contributed by atoms with Gasteiger partial charge in [0.2, 0.25) is 0 Å². The molecule has 60 valence electrons. The molecule has 0 saturated carbocycles. The number of carboxylic acids is 1. The van der Waals surface area contributed by atoms with E-state index in [2.05, 4.69) is 0 Å². The zero-order chi connectivity index (χ0) is 8.15. The number of aliphatic hydroxyl groups is 1. The van der Waals surface area contributed by atoms with E-state index in [-0.39, 0.29) is 0 Å². The molecule has 2 atom stereocenters. The average molecular weight is 146 g/mol. The molecular weight excluding hydrogens is 132 g/mol. The lowest BCUT2D eigenvalue weighted by Crippen LogP contribution is -2.24. The second-order valence-corrected chi connectivity index (χ2v) is 2.48. The summed E-state index contributed by atoms with van der Waals surface area (Å²) in [5.41, 5.74) is 0. The minimum Gasteiger partial charge on any atom is -0.481 e. The molecule has 3 nitrogen and oxygen atoms in total. The second kappa shape index (κ2) is 4.28. The first-order chi connectivity index (χ1) is 4.59. The lowest BCUT2D eigenvalue weighted by atomic mass is 10.0. The highest BCUT2D eigenvalue weighted by Gasteiger charge is 2.19. The summed E-state index contributed by atoms with van der Waals surface area (Å²) < 4.78 is 0. The zero-order valence-electron chi connectivity index (χ0n) is 6.37. The first kappa shape index (κ1) is 9.43. The third-order valence-corrected chi connectivity index (χ3v) is 1.55. The van der Waals surface area contributed by atoms with Gasteiger partial charge in [-0.2, -0.15) is 0 Å². The maximum Gasteiger partial charge on any atom is 0.308 e. The van der Waals surface area contributed by atoms with Crippen molar-refractivity contribution in [3.63, 3.8) is 0 Å². The van der Waals surface area contributed by atoms with E-state index in [1.165, 1.54) is 6.92 Å². The molecule has 0 heterocycles. The van der Waals surface area contributed by atoms with E-state index in [9.17, 15) is 4.79 Å². The fourth-order valence-electron chi connectivity index (χ4n) is 0.710. The molecular formula is C7H14O3. The van der Waals surface area contributed by atoms with Crippen LogP contribution in [0.3, 0.4) is 0 Å². The van der Waals surface area contributed by atoms with E-state index in [1.54, 1.807) is 0 Å². The van der Waals surface area contributed by atoms with Crippen molar-refractivity contribution in [2.45, 2.75) is 32.8 Å². The quantitative estimate of drug-likeness (QED) is 0.618. The van der Waals surface area contributed by atoms with Crippen LogP contribution in [0.15, 0.2) is 0 Å². The fraction of sp³-hybridized carbons (Fsp3) is 0.857. The lowest BCUT2D eigenvalue weighted by Gasteiger charge is -2.12. The molecule has 2 N–H and O–H groups in total. The predicted octanol–water partition coefficient (Wildman–Crippen LogP) is 0.868. The molecule has 3 heteroatoms. The maximum atomic E-state index is 10.3. The van der Waals surface area contributed by atoms with Crippen molar-refractivity contribution in [1.29, 1.82) is 0 Å². The SMILES string of the molecule is CCCC(O)[C@@H](C)C(=O)O. The third-order valence-electron chi connectivity index (χ3n) is 1.55. The summed E-state index contributed by atoms with van der Waals surface area (Å²) in [7, 11) is 0. The molecule has 0 saturated heterocycles. The van der Waals surface area contributed by atoms with Gasteiger partial charge >= 0.3 is 5.97 Å². The van der Waals surface area contributed by atoms with Crippen molar-refractivity contribution < 1.29 is 15.0 Å². The molecule has 0 aliphatic rings. The van der Waals surface area contributed by atoms with Gasteiger partial charge in [0, 0.05) is 0 Å². The van der Waals surface area contributed by atoms with Gasteiger partial charge in [0.05, 0.1) is 12.0 Å². The summed E-state index contributed by atoms with van der Waals surface area (Å²) in [5, 5.41) is 17.5. The van der Waals surface area contributed by atoms with Crippen molar-refractivity contribution in [1.82, 2.24) is 0 Å². The predicted molar refractivity (Wildman–Crippen MR) is 37.7 cm³/mol. The Morgan fingerprint density at radius 3 is 2.40 bits per heavy atom. The number of rotatable bonds is 4. The number of carboxylic acid groups (broad SMARTS) is 1. The molecule has 0 fully saturated rings. The van der Waals surface area contributed by atoms with Gasteiger partial charge in [-0.25, -0.2) is 0 Å². The Balaban J connectivity index is 3.69. The highest BCUT2D eigenvalue weighted by Crippen LogP contribution is 2.08. The summed E-state index contributed by atoms with van der Waals surface area (Å²) >= 11 is 0. The van der Waals surface area contributed by atoms with Gasteiger partial charge in [0.25, 0.3) is 0 Å². The Hall–Kier alpha value is -0.570. The first-order valence-corrected chi connectivity index (χ1v) is 3.50. The smallest absolute Gasteiger partial charge is 0.308 e. The minimum absolute atomic E-state index is 0.563. The normalized spacial score (nSPS) is 16.3. The molecule has 10 heavy (non-hydrogen) atoms. The Labute approximate surface area is 60.7 Å². The van der Waals surface area contributed by atoms with Crippen LogP contribution in [0.25, 0.3) is 0 Å². The Morgan fingerprint density at radius 1 is 1.60 bits per heavy atom. The van der Waals surface area contributed by atoms with Crippen molar-refractivity contribution in [3.8, 4) is 0 Å². The average Bonchev–Trinajstić information content (AvgIpc) is 1.87.